The van der Waals surface area contributed by atoms with Crippen molar-refractivity contribution in [3.8, 4) is 0 Å². The molecule has 0 saturated heterocycles. The van der Waals surface area contributed by atoms with Gasteiger partial charge < -0.3 is 14.8 Å². The Bertz CT molecular complexity index is 534. The van der Waals surface area contributed by atoms with E-state index in [1.807, 2.05) is 6.92 Å². The number of halogens is 1. The zero-order valence-electron chi connectivity index (χ0n) is 10.7. The van der Waals surface area contributed by atoms with Crippen LogP contribution in [0.2, 0.25) is 0 Å². The number of hydrogen-bond donors (Lipinski definition) is 2. The van der Waals surface area contributed by atoms with Crippen LogP contribution >= 0.6 is 0 Å². The first-order valence-electron chi connectivity index (χ1n) is 6.16. The fraction of sp³-hybridized carbons (Fsp3) is 0.429. The highest BCUT2D eigenvalue weighted by atomic mass is 19.1. The van der Waals surface area contributed by atoms with E-state index in [9.17, 15) is 9.50 Å². The summed E-state index contributed by atoms with van der Waals surface area (Å²) in [7, 11) is 0. The second kappa shape index (κ2) is 5.08. The standard InChI is InChI=1S/C14H18FNO2/c1-3-16-8-7-14(2,17)12-9-10-5-4-6-11(15)13(10)18-12/h4-6,9,16-17H,3,7-8H2,1-2H3. The lowest BCUT2D eigenvalue weighted by molar-refractivity contribution is 0.0272. The first-order valence-corrected chi connectivity index (χ1v) is 6.16. The lowest BCUT2D eigenvalue weighted by Crippen LogP contribution is -2.27. The predicted molar refractivity (Wildman–Crippen MR) is 68.9 cm³/mol. The van der Waals surface area contributed by atoms with Gasteiger partial charge in [0.1, 0.15) is 11.4 Å². The highest BCUT2D eigenvalue weighted by Gasteiger charge is 2.27. The zero-order valence-corrected chi connectivity index (χ0v) is 10.7. The molecule has 1 aromatic carbocycles. The number of furan rings is 1. The minimum absolute atomic E-state index is 0.205. The van der Waals surface area contributed by atoms with Crippen molar-refractivity contribution < 1.29 is 13.9 Å². The molecule has 3 nitrogen and oxygen atoms in total. The van der Waals surface area contributed by atoms with Crippen LogP contribution in [0.3, 0.4) is 0 Å². The van der Waals surface area contributed by atoms with E-state index in [4.69, 9.17) is 4.42 Å². The lowest BCUT2D eigenvalue weighted by atomic mass is 9.99. The molecule has 0 aliphatic heterocycles. The molecule has 0 saturated carbocycles. The van der Waals surface area contributed by atoms with Crippen LogP contribution < -0.4 is 5.32 Å². The van der Waals surface area contributed by atoms with E-state index >= 15 is 0 Å². The average Bonchev–Trinajstić information content (AvgIpc) is 2.75. The van der Waals surface area contributed by atoms with Gasteiger partial charge >= 0.3 is 0 Å². The summed E-state index contributed by atoms with van der Waals surface area (Å²) in [5.74, 6) is 0.00161. The van der Waals surface area contributed by atoms with Crippen molar-refractivity contribution in [2.45, 2.75) is 25.9 Å². The van der Waals surface area contributed by atoms with Crippen molar-refractivity contribution in [3.63, 3.8) is 0 Å². The summed E-state index contributed by atoms with van der Waals surface area (Å²) < 4.78 is 18.9. The molecule has 0 bridgehead atoms. The van der Waals surface area contributed by atoms with E-state index in [0.717, 1.165) is 6.54 Å². The maximum absolute atomic E-state index is 13.5. The van der Waals surface area contributed by atoms with Gasteiger partial charge in [-0.1, -0.05) is 19.1 Å². The van der Waals surface area contributed by atoms with E-state index in [0.29, 0.717) is 24.1 Å². The van der Waals surface area contributed by atoms with Crippen molar-refractivity contribution in [2.24, 2.45) is 0 Å². The third-order valence-electron chi connectivity index (χ3n) is 3.07. The normalized spacial score (nSPS) is 14.9. The summed E-state index contributed by atoms with van der Waals surface area (Å²) in [6.07, 6.45) is 0.516. The molecule has 0 aliphatic rings. The summed E-state index contributed by atoms with van der Waals surface area (Å²) in [4.78, 5) is 0. The van der Waals surface area contributed by atoms with E-state index in [-0.39, 0.29) is 5.58 Å². The van der Waals surface area contributed by atoms with Crippen molar-refractivity contribution in [2.75, 3.05) is 13.1 Å². The van der Waals surface area contributed by atoms with Gasteiger partial charge in [0.2, 0.25) is 0 Å². The molecule has 1 heterocycles. The van der Waals surface area contributed by atoms with Crippen LogP contribution in [0.15, 0.2) is 28.7 Å². The monoisotopic (exact) mass is 251 g/mol. The largest absolute Gasteiger partial charge is 0.455 e. The van der Waals surface area contributed by atoms with Crippen LogP contribution in [-0.4, -0.2) is 18.2 Å². The van der Waals surface area contributed by atoms with Gasteiger partial charge in [-0.3, -0.25) is 0 Å². The van der Waals surface area contributed by atoms with Crippen molar-refractivity contribution in [1.29, 1.82) is 0 Å². The molecule has 2 aromatic rings. The van der Waals surface area contributed by atoms with Crippen LogP contribution in [0, 0.1) is 5.82 Å². The molecule has 0 aliphatic carbocycles. The first-order chi connectivity index (χ1) is 8.54. The molecule has 0 spiro atoms. The molecule has 0 amide bonds. The smallest absolute Gasteiger partial charge is 0.170 e. The number of rotatable bonds is 5. The van der Waals surface area contributed by atoms with E-state index in [1.54, 1.807) is 25.1 Å². The average molecular weight is 251 g/mol. The molecule has 1 unspecified atom stereocenters. The Morgan fingerprint density at radius 3 is 2.89 bits per heavy atom. The fourth-order valence-corrected chi connectivity index (χ4v) is 1.92. The van der Waals surface area contributed by atoms with E-state index < -0.39 is 11.4 Å². The summed E-state index contributed by atoms with van der Waals surface area (Å²) >= 11 is 0. The van der Waals surface area contributed by atoms with E-state index in [2.05, 4.69) is 5.32 Å². The molecule has 0 fully saturated rings. The number of aliphatic hydroxyl groups is 1. The first kappa shape index (κ1) is 13.1. The molecule has 2 N–H and O–H groups in total. The number of fused-ring (bicyclic) bond motifs is 1. The van der Waals surface area contributed by atoms with Crippen LogP contribution in [0.1, 0.15) is 26.0 Å². The highest BCUT2D eigenvalue weighted by Crippen LogP contribution is 2.31. The summed E-state index contributed by atoms with van der Waals surface area (Å²) in [6.45, 7) is 5.22. The zero-order chi connectivity index (χ0) is 13.2. The van der Waals surface area contributed by atoms with Crippen LogP contribution in [0.4, 0.5) is 4.39 Å². The SMILES string of the molecule is CCNCCC(C)(O)c1cc2cccc(F)c2o1. The molecule has 98 valence electrons. The summed E-state index contributed by atoms with van der Waals surface area (Å²) in [5, 5.41) is 14.2. The topological polar surface area (TPSA) is 45.4 Å². The van der Waals surface area contributed by atoms with Gasteiger partial charge in [-0.25, -0.2) is 4.39 Å². The summed E-state index contributed by atoms with van der Waals surface area (Å²) in [6, 6.07) is 6.45. The number of benzene rings is 1. The van der Waals surface area contributed by atoms with Gasteiger partial charge in [0.05, 0.1) is 0 Å². The van der Waals surface area contributed by atoms with Crippen LogP contribution in [-0.2, 0) is 5.60 Å². The minimum Gasteiger partial charge on any atom is -0.455 e. The maximum atomic E-state index is 13.5. The third-order valence-corrected chi connectivity index (χ3v) is 3.07. The Morgan fingerprint density at radius 2 is 2.22 bits per heavy atom. The number of nitrogens with one attached hydrogen (secondary N) is 1. The minimum atomic E-state index is -1.09. The predicted octanol–water partition coefficient (Wildman–Crippen LogP) is 2.78. The Hall–Kier alpha value is -1.39. The second-order valence-corrected chi connectivity index (χ2v) is 4.65. The van der Waals surface area contributed by atoms with Crippen molar-refractivity contribution >= 4 is 11.0 Å². The summed E-state index contributed by atoms with van der Waals surface area (Å²) in [5.41, 5.74) is -0.885. The molecule has 4 heteroatoms. The molecule has 18 heavy (non-hydrogen) atoms. The van der Waals surface area contributed by atoms with Crippen molar-refractivity contribution in [1.82, 2.24) is 5.32 Å². The molecular weight excluding hydrogens is 233 g/mol. The van der Waals surface area contributed by atoms with Gasteiger partial charge in [0.15, 0.2) is 11.4 Å². The quantitative estimate of drug-likeness (QED) is 0.803. The Morgan fingerprint density at radius 1 is 1.44 bits per heavy atom. The Balaban J connectivity index is 2.27. The second-order valence-electron chi connectivity index (χ2n) is 4.65. The third kappa shape index (κ3) is 2.54. The van der Waals surface area contributed by atoms with Crippen LogP contribution in [0.25, 0.3) is 11.0 Å². The van der Waals surface area contributed by atoms with Gasteiger partial charge in [0, 0.05) is 5.39 Å². The van der Waals surface area contributed by atoms with Gasteiger partial charge in [-0.2, -0.15) is 0 Å². The van der Waals surface area contributed by atoms with Gasteiger partial charge in [0.25, 0.3) is 0 Å². The molecule has 0 radical (unpaired) electrons. The molecule has 2 rings (SSSR count). The maximum Gasteiger partial charge on any atom is 0.170 e. The Labute approximate surface area is 106 Å². The molecular formula is C14H18FNO2. The molecule has 1 aromatic heterocycles. The van der Waals surface area contributed by atoms with Crippen molar-refractivity contribution in [3.05, 3.63) is 35.8 Å². The van der Waals surface area contributed by atoms with E-state index in [1.165, 1.54) is 6.07 Å². The molecule has 1 atom stereocenters. The Kier molecular flexibility index (Phi) is 3.68. The van der Waals surface area contributed by atoms with Gasteiger partial charge in [-0.05, 0) is 38.6 Å². The number of hydrogen-bond acceptors (Lipinski definition) is 3. The van der Waals surface area contributed by atoms with Crippen LogP contribution in [0.5, 0.6) is 0 Å². The lowest BCUT2D eigenvalue weighted by Gasteiger charge is -2.20. The number of para-hydroxylation sites is 1. The fourth-order valence-electron chi connectivity index (χ4n) is 1.92. The van der Waals surface area contributed by atoms with Gasteiger partial charge in [-0.15, -0.1) is 0 Å². The highest BCUT2D eigenvalue weighted by molar-refractivity contribution is 5.78.